The van der Waals surface area contributed by atoms with Gasteiger partial charge in [0.2, 0.25) is 0 Å². The second-order valence-electron chi connectivity index (χ2n) is 33.8. The van der Waals surface area contributed by atoms with Gasteiger partial charge in [0.1, 0.15) is 12.0 Å². The highest BCUT2D eigenvalue weighted by Gasteiger charge is 2.58. The van der Waals surface area contributed by atoms with Gasteiger partial charge >= 0.3 is 29.9 Å². The molecule has 0 amide bonds. The Bertz CT molecular complexity index is 2610. The lowest BCUT2D eigenvalue weighted by molar-refractivity contribution is -0.373. The van der Waals surface area contributed by atoms with E-state index in [0.717, 1.165) is 18.2 Å². The van der Waals surface area contributed by atoms with Crippen LogP contribution in [0.25, 0.3) is 0 Å². The molecular formula is C73H108O12. The van der Waals surface area contributed by atoms with E-state index < -0.39 is 97.5 Å². The van der Waals surface area contributed by atoms with Gasteiger partial charge in [-0.3, -0.25) is 19.2 Å². The van der Waals surface area contributed by atoms with Crippen LogP contribution >= 0.6 is 0 Å². The Balaban J connectivity index is 1.92. The minimum atomic E-state index is -2.94. The molecule has 0 aromatic rings. The standard InChI is InChI=1S/C73H108O12/c1-64(2,3)48-35-44(36-49(60(48)78)65(4,5)6)27-31-56(74)82-43-72(25,26)73(83-57(75)32-28-45-37-50(66(7,8)9)61(79)51(38-45)67(10,11)12,84-58(76)33-29-46-39-52(68(13,14)15)62(80)53(40-46)69(16,17)18)85-59(77)34-30-47-41-54(70(19,20)21)63(81)55(42-47)71(22,23)24/h27-35,37,39,41,44-47,49,51,53,55H,36,38,40,42-43H2,1-26H3. The van der Waals surface area contributed by atoms with Crippen molar-refractivity contribution in [2.75, 3.05) is 6.61 Å². The summed E-state index contributed by atoms with van der Waals surface area (Å²) in [4.78, 5) is 114. The number of allylic oxidation sites excluding steroid dienone is 12. The molecule has 4 rings (SSSR count). The van der Waals surface area contributed by atoms with Gasteiger partial charge in [0, 0.05) is 48.0 Å². The fourth-order valence-corrected chi connectivity index (χ4v) is 11.9. The fraction of sp³-hybridized carbons (Fsp3) is 0.671. The molecule has 8 unspecified atom stereocenters. The number of ether oxygens (including phenoxy) is 4. The summed E-state index contributed by atoms with van der Waals surface area (Å²) in [6, 6.07) is 0. The lowest BCUT2D eigenvalue weighted by atomic mass is 9.65. The molecule has 0 N–H and O–H groups in total. The average molecular weight is 1180 g/mol. The molecule has 0 aliphatic heterocycles. The number of hydrogen-bond acceptors (Lipinski definition) is 12. The summed E-state index contributed by atoms with van der Waals surface area (Å²) in [6.07, 6.45) is 20.5. The summed E-state index contributed by atoms with van der Waals surface area (Å²) in [5, 5.41) is 0. The SMILES string of the molecule is CC(C)(C)C1=CC(C=CC(=O)OCC(C)(C)C(OC(=O)C=CC2C=C(C(C)(C)C)C(=O)C(C(C)(C)C)C2)(OC(=O)C=CC2C=C(C(C)(C)C)C(=O)C(C(C)(C)C)C2)OC(=O)C=CC2C=C(C(C)(C)C)C(=O)C(C(C)(C)C)C2)CC(C(C)(C)C)C1=O. The topological polar surface area (TPSA) is 173 Å². The molecule has 8 atom stereocenters. The van der Waals surface area contributed by atoms with Crippen LogP contribution in [0.1, 0.15) is 206 Å². The number of esters is 4. The molecular weight excluding hydrogens is 1070 g/mol. The predicted molar refractivity (Wildman–Crippen MR) is 337 cm³/mol. The van der Waals surface area contributed by atoms with Crippen LogP contribution < -0.4 is 0 Å². The Labute approximate surface area is 511 Å². The predicted octanol–water partition coefficient (Wildman–Crippen LogP) is 16.0. The smallest absolute Gasteiger partial charge is 0.432 e. The first-order chi connectivity index (χ1) is 38.2. The molecule has 0 heterocycles. The summed E-state index contributed by atoms with van der Waals surface area (Å²) in [5.41, 5.74) is -2.82. The van der Waals surface area contributed by atoms with E-state index in [9.17, 15) is 38.4 Å². The highest BCUT2D eigenvalue weighted by Crippen LogP contribution is 2.48. The maximum atomic E-state index is 14.7. The van der Waals surface area contributed by atoms with E-state index in [4.69, 9.17) is 18.9 Å². The normalized spacial score (nSPS) is 25.6. The van der Waals surface area contributed by atoms with E-state index in [2.05, 4.69) is 0 Å². The molecule has 0 aromatic carbocycles. The lowest BCUT2D eigenvalue weighted by Crippen LogP contribution is -2.56. The second-order valence-corrected chi connectivity index (χ2v) is 33.8. The molecule has 85 heavy (non-hydrogen) atoms. The summed E-state index contributed by atoms with van der Waals surface area (Å²) in [6.45, 7) is 50.1. The average Bonchev–Trinajstić information content (AvgIpc) is 2.58. The minimum Gasteiger partial charge on any atom is -0.461 e. The number of Topliss-reactive ketones (excluding diaryl/α,β-unsaturated/α-hetero) is 4. The van der Waals surface area contributed by atoms with Gasteiger partial charge in [-0.15, -0.1) is 0 Å². The van der Waals surface area contributed by atoms with Crippen LogP contribution in [0.5, 0.6) is 0 Å². The molecule has 12 heteroatoms. The molecule has 0 radical (unpaired) electrons. The maximum Gasteiger partial charge on any atom is 0.432 e. The van der Waals surface area contributed by atoms with Crippen LogP contribution in [0.15, 0.2) is 95.2 Å². The molecule has 0 fully saturated rings. The van der Waals surface area contributed by atoms with Gasteiger partial charge in [0.15, 0.2) is 23.1 Å². The van der Waals surface area contributed by atoms with Gasteiger partial charge in [-0.05, 0) is 129 Å². The summed E-state index contributed by atoms with van der Waals surface area (Å²) < 4.78 is 24.7. The summed E-state index contributed by atoms with van der Waals surface area (Å²) in [7, 11) is 0. The zero-order valence-corrected chi connectivity index (χ0v) is 57.0. The van der Waals surface area contributed by atoms with Crippen LogP contribution in [0.2, 0.25) is 0 Å². The molecule has 0 saturated carbocycles. The van der Waals surface area contributed by atoms with E-state index >= 15 is 0 Å². The highest BCUT2D eigenvalue weighted by atomic mass is 16.9. The van der Waals surface area contributed by atoms with Gasteiger partial charge in [-0.25, -0.2) is 19.2 Å². The molecule has 0 aromatic heterocycles. The highest BCUT2D eigenvalue weighted by molar-refractivity contribution is 6.02. The van der Waals surface area contributed by atoms with Crippen LogP contribution in [-0.4, -0.2) is 59.6 Å². The monoisotopic (exact) mass is 1180 g/mol. The first-order valence-electron chi connectivity index (χ1n) is 30.8. The zero-order chi connectivity index (χ0) is 65.4. The van der Waals surface area contributed by atoms with E-state index in [-0.39, 0.29) is 58.1 Å². The van der Waals surface area contributed by atoms with Crippen molar-refractivity contribution in [1.29, 1.82) is 0 Å². The molecule has 12 nitrogen and oxygen atoms in total. The number of hydrogen-bond donors (Lipinski definition) is 0. The van der Waals surface area contributed by atoms with Crippen molar-refractivity contribution in [2.24, 2.45) is 96.1 Å². The van der Waals surface area contributed by atoms with Gasteiger partial charge in [-0.1, -0.05) is 215 Å². The Morgan fingerprint density at radius 3 is 0.741 bits per heavy atom. The molecule has 472 valence electrons. The third-order valence-corrected chi connectivity index (χ3v) is 17.3. The van der Waals surface area contributed by atoms with Crippen LogP contribution in [0, 0.1) is 96.1 Å². The number of carbonyl (C=O) groups excluding carboxylic acids is 8. The number of rotatable bonds is 14. The quantitative estimate of drug-likeness (QED) is 0.0916. The Morgan fingerprint density at radius 1 is 0.353 bits per heavy atom. The summed E-state index contributed by atoms with van der Waals surface area (Å²) in [5.74, 6) is -9.65. The van der Waals surface area contributed by atoms with Crippen LogP contribution in [-0.2, 0) is 57.3 Å². The summed E-state index contributed by atoms with van der Waals surface area (Å²) >= 11 is 0. The largest absolute Gasteiger partial charge is 0.461 e. The lowest BCUT2D eigenvalue weighted by Gasteiger charge is -2.41. The van der Waals surface area contributed by atoms with Gasteiger partial charge in [0.25, 0.3) is 0 Å². The molecule has 0 saturated heterocycles. The van der Waals surface area contributed by atoms with Crippen molar-refractivity contribution >= 4 is 47.0 Å². The van der Waals surface area contributed by atoms with E-state index in [1.807, 2.05) is 190 Å². The third-order valence-electron chi connectivity index (χ3n) is 17.3. The van der Waals surface area contributed by atoms with Crippen molar-refractivity contribution in [3.05, 3.63) is 95.2 Å². The van der Waals surface area contributed by atoms with Crippen molar-refractivity contribution in [3.63, 3.8) is 0 Å². The minimum absolute atomic E-state index is 0.0455. The Hall–Kier alpha value is -5.52. The second kappa shape index (κ2) is 25.7. The maximum absolute atomic E-state index is 14.7. The first kappa shape index (κ1) is 72.0. The van der Waals surface area contributed by atoms with Gasteiger partial charge in [-0.2, -0.15) is 0 Å². The van der Waals surface area contributed by atoms with Crippen molar-refractivity contribution < 1.29 is 57.3 Å². The van der Waals surface area contributed by atoms with E-state index in [1.165, 1.54) is 19.9 Å². The third kappa shape index (κ3) is 18.7. The zero-order valence-electron chi connectivity index (χ0n) is 57.0. The molecule has 0 spiro atoms. The molecule has 4 aliphatic carbocycles. The number of carbonyl (C=O) groups is 8. The van der Waals surface area contributed by atoms with Gasteiger partial charge in [0.05, 0.1) is 0 Å². The fourth-order valence-electron chi connectivity index (χ4n) is 11.9. The Morgan fingerprint density at radius 2 is 0.553 bits per heavy atom. The van der Waals surface area contributed by atoms with Crippen molar-refractivity contribution in [1.82, 2.24) is 0 Å². The number of ketones is 4. The Kier molecular flexibility index (Phi) is 21.7. The molecule has 4 aliphatic rings. The molecule has 0 bridgehead atoms. The van der Waals surface area contributed by atoms with E-state index in [0.29, 0.717) is 48.0 Å². The van der Waals surface area contributed by atoms with E-state index in [1.54, 1.807) is 24.3 Å². The van der Waals surface area contributed by atoms with Crippen LogP contribution in [0.4, 0.5) is 0 Å². The van der Waals surface area contributed by atoms with Crippen molar-refractivity contribution in [3.8, 4) is 0 Å². The van der Waals surface area contributed by atoms with Gasteiger partial charge < -0.3 is 18.9 Å². The first-order valence-corrected chi connectivity index (χ1v) is 30.8. The van der Waals surface area contributed by atoms with Crippen LogP contribution in [0.3, 0.4) is 0 Å². The van der Waals surface area contributed by atoms with Crippen molar-refractivity contribution in [2.45, 2.75) is 212 Å².